The molecule has 0 spiro atoms. The molecule has 0 saturated carbocycles. The maximum atomic E-state index is 13.1. The summed E-state index contributed by atoms with van der Waals surface area (Å²) in [6.45, 7) is 1.94. The number of rotatable bonds is 3. The van der Waals surface area contributed by atoms with Crippen LogP contribution in [0.1, 0.15) is 15.9 Å². The van der Waals surface area contributed by atoms with Crippen LogP contribution in [0.4, 0.5) is 0 Å². The van der Waals surface area contributed by atoms with Gasteiger partial charge in [-0.15, -0.1) is 0 Å². The van der Waals surface area contributed by atoms with E-state index >= 15 is 0 Å². The number of amides is 1. The summed E-state index contributed by atoms with van der Waals surface area (Å²) in [6.07, 6.45) is 0. The lowest BCUT2D eigenvalue weighted by atomic mass is 10.1. The van der Waals surface area contributed by atoms with E-state index in [4.69, 9.17) is 12.2 Å². The van der Waals surface area contributed by atoms with Crippen LogP contribution in [0.5, 0.6) is 0 Å². The average Bonchev–Trinajstić information content (AvgIpc) is 2.80. The molecule has 7 nitrogen and oxygen atoms in total. The Morgan fingerprint density at radius 2 is 1.58 bits per heavy atom. The minimum Gasteiger partial charge on any atom is -0.273 e. The fourth-order valence-corrected chi connectivity index (χ4v) is 3.18. The molecule has 0 fully saturated rings. The number of hydrogen-bond donors (Lipinski definition) is 3. The maximum absolute atomic E-state index is 13.1. The molecule has 0 aliphatic heterocycles. The molecule has 0 bridgehead atoms. The fourth-order valence-electron chi connectivity index (χ4n) is 3.04. The number of carbonyl (C=O) groups is 1. The number of hydrazine groups is 1. The van der Waals surface area contributed by atoms with Crippen molar-refractivity contribution in [2.45, 2.75) is 6.92 Å². The number of aromatic nitrogens is 2. The first kappa shape index (κ1) is 20.2. The van der Waals surface area contributed by atoms with Crippen molar-refractivity contribution in [1.29, 1.82) is 0 Å². The molecule has 3 aromatic carbocycles. The highest BCUT2D eigenvalue weighted by Gasteiger charge is 2.14. The lowest BCUT2D eigenvalue weighted by Crippen LogP contribution is -2.48. The van der Waals surface area contributed by atoms with Crippen molar-refractivity contribution < 1.29 is 4.79 Å². The Bertz CT molecular complexity index is 1320. The zero-order chi connectivity index (χ0) is 21.8. The van der Waals surface area contributed by atoms with Gasteiger partial charge in [0.15, 0.2) is 5.82 Å². The molecule has 8 heteroatoms. The molecule has 0 atom stereocenters. The van der Waals surface area contributed by atoms with E-state index in [1.165, 1.54) is 4.68 Å². The van der Waals surface area contributed by atoms with Gasteiger partial charge >= 0.3 is 0 Å². The van der Waals surface area contributed by atoms with Gasteiger partial charge in [0.05, 0.1) is 10.9 Å². The van der Waals surface area contributed by atoms with Gasteiger partial charge in [-0.1, -0.05) is 60.2 Å². The molecule has 154 valence electrons. The molecule has 31 heavy (non-hydrogen) atoms. The Morgan fingerprint density at radius 1 is 0.903 bits per heavy atom. The van der Waals surface area contributed by atoms with Crippen molar-refractivity contribution in [2.24, 2.45) is 0 Å². The van der Waals surface area contributed by atoms with E-state index in [1.807, 2.05) is 55.5 Å². The van der Waals surface area contributed by atoms with Gasteiger partial charge in [0, 0.05) is 11.1 Å². The van der Waals surface area contributed by atoms with Crippen LogP contribution in [0.25, 0.3) is 22.3 Å². The largest absolute Gasteiger partial charge is 0.280 e. The molecule has 0 saturated heterocycles. The lowest BCUT2D eigenvalue weighted by Gasteiger charge is -2.17. The molecule has 1 aromatic heterocycles. The average molecular weight is 430 g/mol. The van der Waals surface area contributed by atoms with Crippen LogP contribution in [-0.4, -0.2) is 20.7 Å². The van der Waals surface area contributed by atoms with E-state index < -0.39 is 0 Å². The van der Waals surface area contributed by atoms with Crippen LogP contribution in [0, 0.1) is 6.92 Å². The summed E-state index contributed by atoms with van der Waals surface area (Å²) in [4.78, 5) is 30.1. The quantitative estimate of drug-likeness (QED) is 0.343. The summed E-state index contributed by atoms with van der Waals surface area (Å²) in [5, 5.41) is 0.484. The van der Waals surface area contributed by atoms with Crippen LogP contribution in [0.3, 0.4) is 0 Å². The van der Waals surface area contributed by atoms with Gasteiger partial charge in [-0.2, -0.15) is 4.68 Å². The topological polar surface area (TPSA) is 88.1 Å². The van der Waals surface area contributed by atoms with Crippen molar-refractivity contribution in [3.63, 3.8) is 0 Å². The second-order valence-corrected chi connectivity index (χ2v) is 7.25. The van der Waals surface area contributed by atoms with Crippen LogP contribution < -0.4 is 21.8 Å². The summed E-state index contributed by atoms with van der Waals surface area (Å²) >= 11 is 5.29. The first-order valence-corrected chi connectivity index (χ1v) is 9.95. The zero-order valence-electron chi connectivity index (χ0n) is 16.6. The van der Waals surface area contributed by atoms with Crippen molar-refractivity contribution in [3.8, 4) is 11.4 Å². The Hall–Kier alpha value is -4.04. The minimum absolute atomic E-state index is 0.0387. The van der Waals surface area contributed by atoms with Crippen LogP contribution in [0.2, 0.25) is 0 Å². The summed E-state index contributed by atoms with van der Waals surface area (Å²) < 4.78 is 1.27. The highest BCUT2D eigenvalue weighted by molar-refractivity contribution is 7.80. The Labute approximate surface area is 183 Å². The van der Waals surface area contributed by atoms with E-state index in [-0.39, 0.29) is 16.6 Å². The van der Waals surface area contributed by atoms with Gasteiger partial charge in [-0.3, -0.25) is 25.9 Å². The number of nitrogens with one attached hydrogen (secondary N) is 3. The van der Waals surface area contributed by atoms with Crippen molar-refractivity contribution in [1.82, 2.24) is 20.5 Å². The molecule has 1 amide bonds. The van der Waals surface area contributed by atoms with Gasteiger partial charge in [0.1, 0.15) is 0 Å². The summed E-state index contributed by atoms with van der Waals surface area (Å²) in [7, 11) is 0. The van der Waals surface area contributed by atoms with E-state index in [9.17, 15) is 9.59 Å². The number of aryl methyl sites for hydroxylation is 1. The first-order chi connectivity index (χ1) is 15.0. The summed E-state index contributed by atoms with van der Waals surface area (Å²) in [5.74, 6) is 0.0507. The number of para-hydroxylation sites is 1. The molecule has 0 aliphatic rings. The number of benzene rings is 3. The first-order valence-electron chi connectivity index (χ1n) is 9.54. The number of carbonyl (C=O) groups excluding carboxylic acids is 1. The number of hydrogen-bond acceptors (Lipinski definition) is 4. The molecule has 0 aliphatic carbocycles. The van der Waals surface area contributed by atoms with Gasteiger partial charge in [-0.05, 0) is 43.4 Å². The highest BCUT2D eigenvalue weighted by Crippen LogP contribution is 2.17. The number of thiocarbonyl (C=S) groups is 1. The van der Waals surface area contributed by atoms with Crippen LogP contribution >= 0.6 is 12.2 Å². The number of fused-ring (bicyclic) bond motifs is 1. The molecular weight excluding hydrogens is 410 g/mol. The minimum atomic E-state index is -0.351. The molecule has 1 heterocycles. The lowest BCUT2D eigenvalue weighted by molar-refractivity contribution is 0.0944. The van der Waals surface area contributed by atoms with Crippen LogP contribution in [0.15, 0.2) is 83.7 Å². The van der Waals surface area contributed by atoms with Gasteiger partial charge in [-0.25, -0.2) is 4.98 Å². The molecule has 4 aromatic rings. The second kappa shape index (κ2) is 8.76. The Kier molecular flexibility index (Phi) is 5.72. The maximum Gasteiger partial charge on any atom is 0.280 e. The third-order valence-electron chi connectivity index (χ3n) is 4.62. The standard InChI is InChI=1S/C23H19N5O2S/c1-15-11-13-17(14-12-15)21(29)25-26-23(31)27-28-20(16-7-3-2-4-8-16)24-19-10-6-5-9-18(19)22(28)30/h2-14H,1H3,(H,25,29)(H2,26,27,31). The third-order valence-corrected chi connectivity index (χ3v) is 4.82. The predicted molar refractivity (Wildman–Crippen MR) is 125 cm³/mol. The van der Waals surface area contributed by atoms with Crippen molar-refractivity contribution >= 4 is 34.1 Å². The smallest absolute Gasteiger partial charge is 0.273 e. The highest BCUT2D eigenvalue weighted by atomic mass is 32.1. The fraction of sp³-hybridized carbons (Fsp3) is 0.0435. The number of nitrogens with zero attached hydrogens (tertiary/aromatic N) is 2. The molecule has 4 rings (SSSR count). The second-order valence-electron chi connectivity index (χ2n) is 6.85. The third kappa shape index (κ3) is 4.44. The van der Waals surface area contributed by atoms with Crippen LogP contribution in [-0.2, 0) is 0 Å². The van der Waals surface area contributed by atoms with Crippen molar-refractivity contribution in [3.05, 3.63) is 100 Å². The Morgan fingerprint density at radius 3 is 2.32 bits per heavy atom. The summed E-state index contributed by atoms with van der Waals surface area (Å²) in [5.41, 5.74) is 10.5. The van der Waals surface area contributed by atoms with E-state index in [1.54, 1.807) is 30.3 Å². The van der Waals surface area contributed by atoms with Gasteiger partial charge in [0.2, 0.25) is 5.11 Å². The monoisotopic (exact) mass is 429 g/mol. The molecular formula is C23H19N5O2S. The normalized spacial score (nSPS) is 10.5. The SMILES string of the molecule is Cc1ccc(C(=O)NNC(=S)Nn2c(-c3ccccc3)nc3ccccc3c2=O)cc1. The Balaban J connectivity index is 1.60. The van der Waals surface area contributed by atoms with Crippen molar-refractivity contribution in [2.75, 3.05) is 5.43 Å². The molecule has 0 unspecified atom stereocenters. The van der Waals surface area contributed by atoms with Gasteiger partial charge in [0.25, 0.3) is 11.5 Å². The summed E-state index contributed by atoms with van der Waals surface area (Å²) in [6, 6.07) is 23.5. The van der Waals surface area contributed by atoms with E-state index in [2.05, 4.69) is 21.3 Å². The molecule has 0 radical (unpaired) electrons. The predicted octanol–water partition coefficient (Wildman–Crippen LogP) is 3.13. The van der Waals surface area contributed by atoms with E-state index in [0.29, 0.717) is 22.3 Å². The van der Waals surface area contributed by atoms with Gasteiger partial charge < -0.3 is 0 Å². The molecule has 3 N–H and O–H groups in total. The zero-order valence-corrected chi connectivity index (χ0v) is 17.4. The van der Waals surface area contributed by atoms with E-state index in [0.717, 1.165) is 11.1 Å².